The van der Waals surface area contributed by atoms with Crippen molar-refractivity contribution in [3.05, 3.63) is 40.2 Å². The number of hydrogen-bond donors (Lipinski definition) is 0. The standard InChI is InChI=1S/C14H15NO3/c1-14(17-3)8-10-12(18-14)9-6-4-5-7-11(9)15(2)13(10)16/h4-7H,8H2,1-3H3. The van der Waals surface area contributed by atoms with Gasteiger partial charge in [0.05, 0.1) is 11.1 Å². The van der Waals surface area contributed by atoms with Crippen LogP contribution in [0.5, 0.6) is 5.75 Å². The maximum Gasteiger partial charge on any atom is 0.257 e. The first-order valence-corrected chi connectivity index (χ1v) is 5.90. The summed E-state index contributed by atoms with van der Waals surface area (Å²) in [6.45, 7) is 1.85. The van der Waals surface area contributed by atoms with E-state index >= 15 is 0 Å². The molecular weight excluding hydrogens is 230 g/mol. The van der Waals surface area contributed by atoms with Gasteiger partial charge in [0, 0.05) is 32.9 Å². The smallest absolute Gasteiger partial charge is 0.257 e. The fraction of sp³-hybridized carbons (Fsp3) is 0.357. The molecule has 1 aromatic heterocycles. The number of pyridine rings is 1. The second-order valence-electron chi connectivity index (χ2n) is 4.81. The van der Waals surface area contributed by atoms with Gasteiger partial charge in [-0.1, -0.05) is 12.1 Å². The normalized spacial score (nSPS) is 21.9. The van der Waals surface area contributed by atoms with E-state index < -0.39 is 5.79 Å². The molecule has 3 rings (SSSR count). The summed E-state index contributed by atoms with van der Waals surface area (Å²) in [4.78, 5) is 12.3. The van der Waals surface area contributed by atoms with E-state index in [1.165, 1.54) is 0 Å². The number of hydrogen-bond acceptors (Lipinski definition) is 3. The number of fused-ring (bicyclic) bond motifs is 3. The van der Waals surface area contributed by atoms with Crippen molar-refractivity contribution in [1.82, 2.24) is 4.57 Å². The van der Waals surface area contributed by atoms with Crippen molar-refractivity contribution in [1.29, 1.82) is 0 Å². The van der Waals surface area contributed by atoms with E-state index in [0.29, 0.717) is 17.7 Å². The van der Waals surface area contributed by atoms with Crippen LogP contribution in [-0.2, 0) is 18.2 Å². The predicted octanol–water partition coefficient (Wildman–Crippen LogP) is 1.84. The number of ether oxygens (including phenoxy) is 2. The highest BCUT2D eigenvalue weighted by atomic mass is 16.7. The Morgan fingerprint density at radius 1 is 1.39 bits per heavy atom. The summed E-state index contributed by atoms with van der Waals surface area (Å²) in [5.41, 5.74) is 1.56. The van der Waals surface area contributed by atoms with Crippen LogP contribution in [0.4, 0.5) is 0 Å². The Kier molecular flexibility index (Phi) is 2.25. The zero-order valence-corrected chi connectivity index (χ0v) is 10.7. The van der Waals surface area contributed by atoms with Crippen LogP contribution in [0.2, 0.25) is 0 Å². The van der Waals surface area contributed by atoms with Crippen molar-refractivity contribution in [3.8, 4) is 5.75 Å². The summed E-state index contributed by atoms with van der Waals surface area (Å²) in [7, 11) is 3.38. The summed E-state index contributed by atoms with van der Waals surface area (Å²) in [5.74, 6) is -0.0726. The van der Waals surface area contributed by atoms with E-state index in [1.54, 1.807) is 18.7 Å². The molecular formula is C14H15NO3. The van der Waals surface area contributed by atoms with Gasteiger partial charge in [0.1, 0.15) is 5.75 Å². The highest BCUT2D eigenvalue weighted by Gasteiger charge is 2.38. The Hall–Kier alpha value is -1.81. The molecule has 4 nitrogen and oxygen atoms in total. The van der Waals surface area contributed by atoms with Crippen molar-refractivity contribution in [2.45, 2.75) is 19.1 Å². The van der Waals surface area contributed by atoms with Gasteiger partial charge >= 0.3 is 0 Å². The highest BCUT2D eigenvalue weighted by Crippen LogP contribution is 2.38. The minimum atomic E-state index is -0.737. The zero-order chi connectivity index (χ0) is 12.9. The molecule has 94 valence electrons. The fourth-order valence-corrected chi connectivity index (χ4v) is 2.49. The molecule has 0 radical (unpaired) electrons. The Labute approximate surface area is 105 Å². The Morgan fingerprint density at radius 3 is 2.83 bits per heavy atom. The van der Waals surface area contributed by atoms with Crippen molar-refractivity contribution in [2.75, 3.05) is 7.11 Å². The van der Waals surface area contributed by atoms with Gasteiger partial charge in [-0.15, -0.1) is 0 Å². The lowest BCUT2D eigenvalue weighted by molar-refractivity contribution is -0.133. The van der Waals surface area contributed by atoms with Gasteiger partial charge in [-0.25, -0.2) is 0 Å². The quantitative estimate of drug-likeness (QED) is 0.769. The van der Waals surface area contributed by atoms with Crippen LogP contribution in [0.25, 0.3) is 10.9 Å². The molecule has 0 bridgehead atoms. The molecule has 2 aromatic rings. The zero-order valence-electron chi connectivity index (χ0n) is 10.7. The lowest BCUT2D eigenvalue weighted by atomic mass is 10.1. The average Bonchev–Trinajstić information content (AvgIpc) is 2.75. The maximum atomic E-state index is 12.3. The second-order valence-corrected chi connectivity index (χ2v) is 4.81. The van der Waals surface area contributed by atoms with E-state index in [2.05, 4.69) is 0 Å². The van der Waals surface area contributed by atoms with Crippen LogP contribution in [0.3, 0.4) is 0 Å². The summed E-state index contributed by atoms with van der Waals surface area (Å²) in [6, 6.07) is 7.75. The molecule has 0 amide bonds. The van der Waals surface area contributed by atoms with E-state index in [-0.39, 0.29) is 5.56 Å². The van der Waals surface area contributed by atoms with Gasteiger partial charge < -0.3 is 14.0 Å². The van der Waals surface area contributed by atoms with E-state index in [9.17, 15) is 4.79 Å². The molecule has 2 heterocycles. The largest absolute Gasteiger partial charge is 0.461 e. The van der Waals surface area contributed by atoms with Gasteiger partial charge in [0.15, 0.2) is 0 Å². The third-order valence-corrected chi connectivity index (χ3v) is 3.59. The number of benzene rings is 1. The first kappa shape index (κ1) is 11.3. The van der Waals surface area contributed by atoms with E-state index in [4.69, 9.17) is 9.47 Å². The number of rotatable bonds is 1. The van der Waals surface area contributed by atoms with Crippen LogP contribution >= 0.6 is 0 Å². The minimum absolute atomic E-state index is 0.00975. The summed E-state index contributed by atoms with van der Waals surface area (Å²) >= 11 is 0. The molecule has 1 atom stereocenters. The molecule has 0 saturated carbocycles. The highest BCUT2D eigenvalue weighted by molar-refractivity contribution is 5.87. The van der Waals surface area contributed by atoms with Crippen LogP contribution in [0, 0.1) is 0 Å². The van der Waals surface area contributed by atoms with Crippen LogP contribution in [-0.4, -0.2) is 17.5 Å². The molecule has 0 fully saturated rings. The van der Waals surface area contributed by atoms with E-state index in [0.717, 1.165) is 10.9 Å². The summed E-state index contributed by atoms with van der Waals surface area (Å²) in [5, 5.41) is 0.954. The molecule has 1 aliphatic heterocycles. The average molecular weight is 245 g/mol. The number of aromatic nitrogens is 1. The van der Waals surface area contributed by atoms with Crippen molar-refractivity contribution < 1.29 is 9.47 Å². The molecule has 1 unspecified atom stereocenters. The summed E-state index contributed by atoms with van der Waals surface area (Å²) in [6.07, 6.45) is 0.482. The molecule has 0 saturated heterocycles. The summed E-state index contributed by atoms with van der Waals surface area (Å²) < 4.78 is 12.9. The van der Waals surface area contributed by atoms with Gasteiger partial charge in [0.2, 0.25) is 5.79 Å². The Balaban J connectivity index is 2.38. The molecule has 4 heteroatoms. The van der Waals surface area contributed by atoms with Gasteiger partial charge in [-0.05, 0) is 12.1 Å². The number of methoxy groups -OCH3 is 1. The van der Waals surface area contributed by atoms with Crippen molar-refractivity contribution in [2.24, 2.45) is 7.05 Å². The first-order chi connectivity index (χ1) is 8.56. The topological polar surface area (TPSA) is 40.5 Å². The molecule has 0 N–H and O–H groups in total. The fourth-order valence-electron chi connectivity index (χ4n) is 2.49. The molecule has 18 heavy (non-hydrogen) atoms. The predicted molar refractivity (Wildman–Crippen MR) is 68.9 cm³/mol. The molecule has 0 aliphatic carbocycles. The Bertz CT molecular complexity index is 689. The number of aryl methyl sites for hydroxylation is 1. The van der Waals surface area contributed by atoms with Crippen molar-refractivity contribution >= 4 is 10.9 Å². The lowest BCUT2D eigenvalue weighted by Gasteiger charge is -2.21. The molecule has 1 aromatic carbocycles. The monoisotopic (exact) mass is 245 g/mol. The maximum absolute atomic E-state index is 12.3. The van der Waals surface area contributed by atoms with Gasteiger partial charge in [0.25, 0.3) is 5.56 Å². The Morgan fingerprint density at radius 2 is 2.11 bits per heavy atom. The SMILES string of the molecule is COC1(C)Cc2c(c3ccccc3n(C)c2=O)O1. The first-order valence-electron chi connectivity index (χ1n) is 5.90. The minimum Gasteiger partial charge on any atom is -0.461 e. The third kappa shape index (κ3) is 1.39. The van der Waals surface area contributed by atoms with Gasteiger partial charge in [-0.3, -0.25) is 4.79 Å². The van der Waals surface area contributed by atoms with E-state index in [1.807, 2.05) is 31.2 Å². The van der Waals surface area contributed by atoms with Crippen LogP contribution in [0.15, 0.2) is 29.1 Å². The van der Waals surface area contributed by atoms with Crippen LogP contribution in [0.1, 0.15) is 12.5 Å². The number of nitrogens with zero attached hydrogens (tertiary/aromatic N) is 1. The molecule has 0 spiro atoms. The molecule has 1 aliphatic rings. The lowest BCUT2D eigenvalue weighted by Crippen LogP contribution is -2.33. The number of para-hydroxylation sites is 1. The van der Waals surface area contributed by atoms with Crippen LogP contribution < -0.4 is 10.3 Å². The van der Waals surface area contributed by atoms with Gasteiger partial charge in [-0.2, -0.15) is 0 Å². The van der Waals surface area contributed by atoms with Crippen molar-refractivity contribution in [3.63, 3.8) is 0 Å². The second kappa shape index (κ2) is 3.59. The third-order valence-electron chi connectivity index (χ3n) is 3.59.